The van der Waals surface area contributed by atoms with E-state index in [-0.39, 0.29) is 31.1 Å². The average molecular weight is 405 g/mol. The molecule has 0 atom stereocenters. The van der Waals surface area contributed by atoms with E-state index >= 15 is 0 Å². The van der Waals surface area contributed by atoms with Gasteiger partial charge in [0, 0.05) is 25.1 Å². The fourth-order valence-corrected chi connectivity index (χ4v) is 3.61. The first-order valence-corrected chi connectivity index (χ1v) is 10.4. The number of carbonyl (C=O) groups is 2. The van der Waals surface area contributed by atoms with Crippen LogP contribution < -0.4 is 15.0 Å². The van der Waals surface area contributed by atoms with Gasteiger partial charge in [0.25, 0.3) is 0 Å². The number of para-hydroxylation sites is 1. The zero-order chi connectivity index (χ0) is 21.2. The van der Waals surface area contributed by atoms with Gasteiger partial charge in [-0.2, -0.15) is 5.26 Å². The summed E-state index contributed by atoms with van der Waals surface area (Å²) in [6.07, 6.45) is 3.89. The summed E-state index contributed by atoms with van der Waals surface area (Å²) in [4.78, 5) is 26.2. The van der Waals surface area contributed by atoms with Crippen LogP contribution in [0.1, 0.15) is 36.8 Å². The fraction of sp³-hybridized carbons (Fsp3) is 0.375. The van der Waals surface area contributed by atoms with E-state index in [0.29, 0.717) is 19.7 Å². The van der Waals surface area contributed by atoms with Crippen LogP contribution in [0.5, 0.6) is 5.75 Å². The van der Waals surface area contributed by atoms with Crippen LogP contribution in [0, 0.1) is 11.3 Å². The van der Waals surface area contributed by atoms with Crippen LogP contribution in [0.2, 0.25) is 0 Å². The number of anilines is 1. The number of aryl methyl sites for hydroxylation is 2. The molecule has 2 aromatic rings. The van der Waals surface area contributed by atoms with Crippen molar-refractivity contribution in [2.75, 3.05) is 24.6 Å². The van der Waals surface area contributed by atoms with Crippen molar-refractivity contribution in [1.29, 1.82) is 5.26 Å². The van der Waals surface area contributed by atoms with Crippen molar-refractivity contribution in [1.82, 2.24) is 5.32 Å². The molecule has 0 radical (unpaired) electrons. The molecule has 2 aromatic carbocycles. The van der Waals surface area contributed by atoms with Crippen LogP contribution in [0.4, 0.5) is 5.69 Å². The Balaban J connectivity index is 1.39. The molecule has 0 saturated carbocycles. The summed E-state index contributed by atoms with van der Waals surface area (Å²) in [7, 11) is 0. The zero-order valence-electron chi connectivity index (χ0n) is 17.1. The Hall–Kier alpha value is -3.33. The molecule has 0 aromatic heterocycles. The van der Waals surface area contributed by atoms with Gasteiger partial charge < -0.3 is 15.0 Å². The molecule has 2 amide bonds. The minimum atomic E-state index is -0.186. The summed E-state index contributed by atoms with van der Waals surface area (Å²) in [6, 6.07) is 17.4. The van der Waals surface area contributed by atoms with Gasteiger partial charge in [-0.25, -0.2) is 0 Å². The van der Waals surface area contributed by atoms with Crippen molar-refractivity contribution in [2.24, 2.45) is 0 Å². The molecule has 1 aliphatic rings. The highest BCUT2D eigenvalue weighted by atomic mass is 16.5. The predicted octanol–water partition coefficient (Wildman–Crippen LogP) is 3.40. The number of ether oxygens (including phenoxy) is 1. The number of nitriles is 1. The minimum absolute atomic E-state index is 0.0951. The molecule has 30 heavy (non-hydrogen) atoms. The number of nitrogens with zero attached hydrogens (tertiary/aromatic N) is 2. The van der Waals surface area contributed by atoms with E-state index in [1.165, 1.54) is 17.5 Å². The SMILES string of the molecule is N#CCCN(C(=O)CCC(=O)NCCOc1ccc2c(c1)CCC2)c1ccccc1. The molecule has 0 bridgehead atoms. The van der Waals surface area contributed by atoms with E-state index in [9.17, 15) is 9.59 Å². The summed E-state index contributed by atoms with van der Waals surface area (Å²) >= 11 is 0. The predicted molar refractivity (Wildman–Crippen MR) is 115 cm³/mol. The minimum Gasteiger partial charge on any atom is -0.492 e. The molecule has 6 nitrogen and oxygen atoms in total. The fourth-order valence-electron chi connectivity index (χ4n) is 3.61. The van der Waals surface area contributed by atoms with Gasteiger partial charge in [0.1, 0.15) is 12.4 Å². The zero-order valence-corrected chi connectivity index (χ0v) is 17.1. The Labute approximate surface area is 177 Å². The first-order chi connectivity index (χ1) is 14.7. The van der Waals surface area contributed by atoms with Crippen molar-refractivity contribution in [2.45, 2.75) is 38.5 Å². The quantitative estimate of drug-likeness (QED) is 0.614. The summed E-state index contributed by atoms with van der Waals surface area (Å²) < 4.78 is 5.73. The van der Waals surface area contributed by atoms with Crippen LogP contribution in [0.25, 0.3) is 0 Å². The van der Waals surface area contributed by atoms with Crippen molar-refractivity contribution in [3.63, 3.8) is 0 Å². The standard InChI is InChI=1S/C24H27N3O3/c25-14-5-16-27(21-8-2-1-3-9-21)24(29)13-12-23(28)26-15-17-30-22-11-10-19-6-4-7-20(19)18-22/h1-3,8-11,18H,4-7,12-13,15-17H2,(H,26,28). The summed E-state index contributed by atoms with van der Waals surface area (Å²) in [6.45, 7) is 1.09. The third-order valence-corrected chi connectivity index (χ3v) is 5.14. The highest BCUT2D eigenvalue weighted by Crippen LogP contribution is 2.25. The third kappa shape index (κ3) is 6.08. The second-order valence-electron chi connectivity index (χ2n) is 7.27. The molecule has 6 heteroatoms. The van der Waals surface area contributed by atoms with Crippen LogP contribution >= 0.6 is 0 Å². The van der Waals surface area contributed by atoms with Crippen LogP contribution in [0.15, 0.2) is 48.5 Å². The first-order valence-electron chi connectivity index (χ1n) is 10.4. The monoisotopic (exact) mass is 405 g/mol. The first kappa shape index (κ1) is 21.4. The Morgan fingerprint density at radius 3 is 2.67 bits per heavy atom. The number of benzene rings is 2. The van der Waals surface area contributed by atoms with E-state index in [2.05, 4.69) is 23.5 Å². The van der Waals surface area contributed by atoms with Gasteiger partial charge >= 0.3 is 0 Å². The Kier molecular flexibility index (Phi) is 7.85. The molecule has 3 rings (SSSR count). The average Bonchev–Trinajstić information content (AvgIpc) is 3.24. The Morgan fingerprint density at radius 1 is 1.07 bits per heavy atom. The third-order valence-electron chi connectivity index (χ3n) is 5.14. The van der Waals surface area contributed by atoms with Gasteiger partial charge in [0.15, 0.2) is 0 Å². The van der Waals surface area contributed by atoms with Gasteiger partial charge in [-0.1, -0.05) is 24.3 Å². The van der Waals surface area contributed by atoms with Crippen LogP contribution in [-0.2, 0) is 22.4 Å². The van der Waals surface area contributed by atoms with E-state index < -0.39 is 0 Å². The lowest BCUT2D eigenvalue weighted by Crippen LogP contribution is -2.34. The van der Waals surface area contributed by atoms with Crippen molar-refractivity contribution in [3.8, 4) is 11.8 Å². The number of hydrogen-bond donors (Lipinski definition) is 1. The topological polar surface area (TPSA) is 82.4 Å². The van der Waals surface area contributed by atoms with Gasteiger partial charge in [-0.05, 0) is 54.7 Å². The molecule has 0 spiro atoms. The molecule has 0 aliphatic heterocycles. The lowest BCUT2D eigenvalue weighted by Gasteiger charge is -2.21. The lowest BCUT2D eigenvalue weighted by molar-refractivity contribution is -0.125. The van der Waals surface area contributed by atoms with E-state index in [1.807, 2.05) is 36.4 Å². The molecule has 0 heterocycles. The molecular formula is C24H27N3O3. The summed E-state index contributed by atoms with van der Waals surface area (Å²) in [5, 5.41) is 11.6. The molecule has 0 saturated heterocycles. The number of hydrogen-bond acceptors (Lipinski definition) is 4. The highest BCUT2D eigenvalue weighted by molar-refractivity contribution is 5.95. The second kappa shape index (κ2) is 11.0. The lowest BCUT2D eigenvalue weighted by atomic mass is 10.1. The van der Waals surface area contributed by atoms with Crippen LogP contribution in [0.3, 0.4) is 0 Å². The highest BCUT2D eigenvalue weighted by Gasteiger charge is 2.16. The number of nitrogens with one attached hydrogen (secondary N) is 1. The molecule has 0 unspecified atom stereocenters. The van der Waals surface area contributed by atoms with Gasteiger partial charge in [0.05, 0.1) is 19.0 Å². The van der Waals surface area contributed by atoms with Crippen LogP contribution in [-0.4, -0.2) is 31.5 Å². The summed E-state index contributed by atoms with van der Waals surface area (Å²) in [5.41, 5.74) is 3.50. The smallest absolute Gasteiger partial charge is 0.227 e. The van der Waals surface area contributed by atoms with E-state index in [0.717, 1.165) is 24.3 Å². The van der Waals surface area contributed by atoms with Gasteiger partial charge in [-0.15, -0.1) is 0 Å². The summed E-state index contributed by atoms with van der Waals surface area (Å²) in [5.74, 6) is 0.478. The maximum Gasteiger partial charge on any atom is 0.227 e. The van der Waals surface area contributed by atoms with Gasteiger partial charge in [-0.3, -0.25) is 9.59 Å². The molecule has 156 valence electrons. The van der Waals surface area contributed by atoms with Crippen molar-refractivity contribution >= 4 is 17.5 Å². The van der Waals surface area contributed by atoms with Crippen molar-refractivity contribution < 1.29 is 14.3 Å². The molecule has 1 aliphatic carbocycles. The largest absolute Gasteiger partial charge is 0.492 e. The molecule has 0 fully saturated rings. The van der Waals surface area contributed by atoms with Crippen molar-refractivity contribution in [3.05, 3.63) is 59.7 Å². The maximum atomic E-state index is 12.6. The van der Waals surface area contributed by atoms with E-state index in [4.69, 9.17) is 10.00 Å². The Bertz CT molecular complexity index is 906. The number of rotatable bonds is 10. The number of amides is 2. The number of carbonyl (C=O) groups excluding carboxylic acids is 2. The number of fused-ring (bicyclic) bond motifs is 1. The second-order valence-corrected chi connectivity index (χ2v) is 7.27. The maximum absolute atomic E-state index is 12.6. The van der Waals surface area contributed by atoms with E-state index in [1.54, 1.807) is 4.90 Å². The molecular weight excluding hydrogens is 378 g/mol. The normalized spacial score (nSPS) is 12.0. The Morgan fingerprint density at radius 2 is 1.87 bits per heavy atom. The molecule has 1 N–H and O–H groups in total. The van der Waals surface area contributed by atoms with Gasteiger partial charge in [0.2, 0.25) is 11.8 Å².